The molecule has 5 nitrogen and oxygen atoms in total. The number of carbonyl (C=O) groups excluding carboxylic acids is 1. The lowest BCUT2D eigenvalue weighted by Crippen LogP contribution is -2.25. The minimum Gasteiger partial charge on any atom is -0.488 e. The van der Waals surface area contributed by atoms with Crippen LogP contribution in [0.3, 0.4) is 0 Å². The fourth-order valence-electron chi connectivity index (χ4n) is 3.24. The molecule has 0 heterocycles. The summed E-state index contributed by atoms with van der Waals surface area (Å²) in [6, 6.07) is 31.6. The number of amides is 1. The molecule has 0 fully saturated rings. The molecule has 0 aliphatic heterocycles. The molecule has 154 valence electrons. The molecule has 31 heavy (non-hydrogen) atoms. The van der Waals surface area contributed by atoms with Crippen LogP contribution in [0.15, 0.2) is 102 Å². The van der Waals surface area contributed by atoms with Crippen molar-refractivity contribution in [2.45, 2.75) is 6.61 Å². The zero-order chi connectivity index (χ0) is 21.3. The van der Waals surface area contributed by atoms with Gasteiger partial charge in [0.15, 0.2) is 0 Å². The topological polar surface area (TPSA) is 62.7 Å². The Kier molecular flexibility index (Phi) is 6.55. The zero-order valence-electron chi connectivity index (χ0n) is 17.0. The third-order valence-corrected chi connectivity index (χ3v) is 4.80. The van der Waals surface area contributed by atoms with Gasteiger partial charge in [-0.1, -0.05) is 72.8 Å². The third kappa shape index (κ3) is 5.48. The first-order valence-corrected chi connectivity index (χ1v) is 10.1. The highest BCUT2D eigenvalue weighted by Gasteiger charge is 2.05. The first-order chi connectivity index (χ1) is 15.3. The van der Waals surface area contributed by atoms with E-state index in [-0.39, 0.29) is 12.5 Å². The van der Waals surface area contributed by atoms with Crippen molar-refractivity contribution in [1.82, 2.24) is 5.43 Å². The Hall–Kier alpha value is -4.12. The number of hydrogen-bond donors (Lipinski definition) is 2. The van der Waals surface area contributed by atoms with E-state index in [9.17, 15) is 4.79 Å². The summed E-state index contributed by atoms with van der Waals surface area (Å²) in [7, 11) is 0. The summed E-state index contributed by atoms with van der Waals surface area (Å²) < 4.78 is 6.08. The maximum atomic E-state index is 12.0. The molecule has 0 saturated carbocycles. The molecule has 0 aromatic heterocycles. The number of anilines is 1. The van der Waals surface area contributed by atoms with Gasteiger partial charge in [-0.15, -0.1) is 0 Å². The molecule has 0 unspecified atom stereocenters. The van der Waals surface area contributed by atoms with Crippen molar-refractivity contribution in [2.75, 3.05) is 11.9 Å². The van der Waals surface area contributed by atoms with Gasteiger partial charge in [-0.2, -0.15) is 5.10 Å². The van der Waals surface area contributed by atoms with Crippen LogP contribution >= 0.6 is 0 Å². The number of fused-ring (bicyclic) bond motifs is 1. The molecule has 0 aliphatic rings. The maximum Gasteiger partial charge on any atom is 0.259 e. The Morgan fingerprint density at radius 1 is 0.839 bits per heavy atom. The first-order valence-electron chi connectivity index (χ1n) is 10.1. The number of para-hydroxylation sites is 2. The number of benzene rings is 4. The lowest BCUT2D eigenvalue weighted by molar-refractivity contribution is -0.119. The van der Waals surface area contributed by atoms with Crippen LogP contribution in [0.25, 0.3) is 10.8 Å². The number of nitrogens with one attached hydrogen (secondary N) is 2. The van der Waals surface area contributed by atoms with Crippen molar-refractivity contribution >= 4 is 28.6 Å². The second-order valence-corrected chi connectivity index (χ2v) is 6.98. The Morgan fingerprint density at radius 3 is 2.48 bits per heavy atom. The number of hydrazone groups is 1. The average molecular weight is 409 g/mol. The number of carbonyl (C=O) groups is 1. The van der Waals surface area contributed by atoms with Crippen LogP contribution in [0.4, 0.5) is 5.69 Å². The highest BCUT2D eigenvalue weighted by atomic mass is 16.5. The van der Waals surface area contributed by atoms with Crippen LogP contribution in [-0.4, -0.2) is 18.7 Å². The van der Waals surface area contributed by atoms with Crippen molar-refractivity contribution in [3.05, 3.63) is 108 Å². The molecule has 4 aromatic carbocycles. The second-order valence-electron chi connectivity index (χ2n) is 6.98. The predicted octanol–water partition coefficient (Wildman–Crippen LogP) is 4.98. The van der Waals surface area contributed by atoms with Crippen LogP contribution in [0.2, 0.25) is 0 Å². The SMILES string of the molecule is O=C(CNc1ccccc1)N/N=C\c1ccccc1OCc1cccc2ccccc12. The lowest BCUT2D eigenvalue weighted by Gasteiger charge is -2.11. The number of rotatable bonds is 8. The summed E-state index contributed by atoms with van der Waals surface area (Å²) in [5.74, 6) is 0.477. The number of hydrogen-bond acceptors (Lipinski definition) is 4. The van der Waals surface area contributed by atoms with E-state index in [4.69, 9.17) is 4.74 Å². The van der Waals surface area contributed by atoms with Crippen LogP contribution in [0, 0.1) is 0 Å². The van der Waals surface area contributed by atoms with Gasteiger partial charge in [0, 0.05) is 11.3 Å². The van der Waals surface area contributed by atoms with Crippen molar-refractivity contribution < 1.29 is 9.53 Å². The van der Waals surface area contributed by atoms with Gasteiger partial charge in [0.1, 0.15) is 12.4 Å². The summed E-state index contributed by atoms with van der Waals surface area (Å²) in [4.78, 5) is 12.0. The van der Waals surface area contributed by atoms with Crippen molar-refractivity contribution in [1.29, 1.82) is 0 Å². The summed E-state index contributed by atoms with van der Waals surface area (Å²) in [5, 5.41) is 9.48. The maximum absolute atomic E-state index is 12.0. The molecule has 0 atom stereocenters. The van der Waals surface area contributed by atoms with Crippen LogP contribution in [0.5, 0.6) is 5.75 Å². The smallest absolute Gasteiger partial charge is 0.259 e. The van der Waals surface area contributed by atoms with Gasteiger partial charge in [0.25, 0.3) is 5.91 Å². The first kappa shape index (κ1) is 20.2. The Bertz CT molecular complexity index is 1180. The standard InChI is InChI=1S/C26H23N3O2/c30-26(18-27-23-13-2-1-3-14-23)29-28-17-21-10-5-7-16-25(21)31-19-22-12-8-11-20-9-4-6-15-24(20)22/h1-17,27H,18-19H2,(H,29,30)/b28-17-. The van der Waals surface area contributed by atoms with E-state index in [0.717, 1.165) is 16.8 Å². The molecule has 0 bridgehead atoms. The van der Waals surface area contributed by atoms with E-state index >= 15 is 0 Å². The summed E-state index contributed by atoms with van der Waals surface area (Å²) in [6.07, 6.45) is 1.60. The van der Waals surface area contributed by atoms with Gasteiger partial charge in [-0.25, -0.2) is 5.43 Å². The summed E-state index contributed by atoms with van der Waals surface area (Å²) in [5.41, 5.74) is 5.33. The number of nitrogens with zero attached hydrogens (tertiary/aromatic N) is 1. The minimum absolute atomic E-state index is 0.139. The monoisotopic (exact) mass is 409 g/mol. The highest BCUT2D eigenvalue weighted by Crippen LogP contribution is 2.22. The molecule has 0 spiro atoms. The summed E-state index contributed by atoms with van der Waals surface area (Å²) >= 11 is 0. The lowest BCUT2D eigenvalue weighted by atomic mass is 10.1. The van der Waals surface area contributed by atoms with Crippen LogP contribution < -0.4 is 15.5 Å². The van der Waals surface area contributed by atoms with Gasteiger partial charge >= 0.3 is 0 Å². The van der Waals surface area contributed by atoms with Gasteiger partial charge in [-0.3, -0.25) is 4.79 Å². The largest absolute Gasteiger partial charge is 0.488 e. The molecule has 1 amide bonds. The fourth-order valence-corrected chi connectivity index (χ4v) is 3.24. The van der Waals surface area contributed by atoms with Gasteiger partial charge in [-0.05, 0) is 40.6 Å². The molecule has 5 heteroatoms. The molecule has 4 aromatic rings. The second kappa shape index (κ2) is 10.1. The van der Waals surface area contributed by atoms with Crippen LogP contribution in [-0.2, 0) is 11.4 Å². The quantitative estimate of drug-likeness (QED) is 0.319. The zero-order valence-corrected chi connectivity index (χ0v) is 17.0. The fraction of sp³-hybridized carbons (Fsp3) is 0.0769. The molecular formula is C26H23N3O2. The molecule has 0 aliphatic carbocycles. The minimum atomic E-state index is -0.228. The number of ether oxygens (including phenoxy) is 1. The average Bonchev–Trinajstić information content (AvgIpc) is 2.83. The molecular weight excluding hydrogens is 386 g/mol. The predicted molar refractivity (Wildman–Crippen MR) is 125 cm³/mol. The van der Waals surface area contributed by atoms with E-state index in [0.29, 0.717) is 12.4 Å². The van der Waals surface area contributed by atoms with E-state index in [1.807, 2.05) is 72.8 Å². The van der Waals surface area contributed by atoms with E-state index in [2.05, 4.69) is 40.1 Å². The van der Waals surface area contributed by atoms with Crippen molar-refractivity contribution in [3.8, 4) is 5.75 Å². The molecule has 0 radical (unpaired) electrons. The van der Waals surface area contributed by atoms with Gasteiger partial charge in [0.2, 0.25) is 0 Å². The van der Waals surface area contributed by atoms with E-state index in [1.54, 1.807) is 6.21 Å². The Labute approximate surface area is 181 Å². The van der Waals surface area contributed by atoms with Crippen LogP contribution in [0.1, 0.15) is 11.1 Å². The Morgan fingerprint density at radius 2 is 1.58 bits per heavy atom. The van der Waals surface area contributed by atoms with Gasteiger partial charge < -0.3 is 10.1 Å². The normalized spacial score (nSPS) is 10.8. The molecule has 4 rings (SSSR count). The van der Waals surface area contributed by atoms with Gasteiger partial charge in [0.05, 0.1) is 12.8 Å². The van der Waals surface area contributed by atoms with E-state index in [1.165, 1.54) is 10.8 Å². The highest BCUT2D eigenvalue weighted by molar-refractivity contribution is 5.87. The van der Waals surface area contributed by atoms with Crippen molar-refractivity contribution in [3.63, 3.8) is 0 Å². The Balaban J connectivity index is 1.36. The molecule has 0 saturated heterocycles. The van der Waals surface area contributed by atoms with Crippen molar-refractivity contribution in [2.24, 2.45) is 5.10 Å². The van der Waals surface area contributed by atoms with E-state index < -0.39 is 0 Å². The molecule has 2 N–H and O–H groups in total. The summed E-state index contributed by atoms with van der Waals surface area (Å²) in [6.45, 7) is 0.583. The third-order valence-electron chi connectivity index (χ3n) is 4.80.